The van der Waals surface area contributed by atoms with E-state index in [2.05, 4.69) is 20.9 Å². The number of imidazole rings is 1. The van der Waals surface area contributed by atoms with Crippen molar-refractivity contribution in [2.24, 2.45) is 14.1 Å². The fourth-order valence-electron chi connectivity index (χ4n) is 2.78. The molecule has 0 unspecified atom stereocenters. The van der Waals surface area contributed by atoms with E-state index in [0.29, 0.717) is 29.2 Å². The van der Waals surface area contributed by atoms with Gasteiger partial charge in [0.2, 0.25) is 6.79 Å². The van der Waals surface area contributed by atoms with Crippen molar-refractivity contribution in [3.63, 3.8) is 0 Å². The van der Waals surface area contributed by atoms with Crippen LogP contribution < -0.4 is 20.7 Å². The molecule has 4 rings (SSSR count). The van der Waals surface area contributed by atoms with Gasteiger partial charge in [0, 0.05) is 18.6 Å². The number of hydrogen-bond acceptors (Lipinski definition) is 5. The summed E-state index contributed by atoms with van der Waals surface area (Å²) in [6, 6.07) is 3.70. The smallest absolute Gasteiger partial charge is 0.332 e. The van der Waals surface area contributed by atoms with E-state index in [1.807, 2.05) is 12.1 Å². The van der Waals surface area contributed by atoms with Gasteiger partial charge in [-0.25, -0.2) is 9.78 Å². The Morgan fingerprint density at radius 3 is 2.62 bits per heavy atom. The lowest BCUT2D eigenvalue weighted by Gasteiger charge is -2.09. The van der Waals surface area contributed by atoms with Crippen molar-refractivity contribution in [1.82, 2.24) is 18.7 Å². The average Bonchev–Trinajstić information content (AvgIpc) is 3.18. The highest BCUT2D eigenvalue weighted by molar-refractivity contribution is 9.10. The second-order valence-corrected chi connectivity index (χ2v) is 6.40. The van der Waals surface area contributed by atoms with Crippen LogP contribution in [0.1, 0.15) is 5.56 Å². The molecule has 1 aromatic carbocycles. The van der Waals surface area contributed by atoms with Gasteiger partial charge in [-0.1, -0.05) is 15.9 Å². The molecule has 0 N–H and O–H groups in total. The minimum atomic E-state index is -0.401. The van der Waals surface area contributed by atoms with Gasteiger partial charge in [0.15, 0.2) is 22.7 Å². The third kappa shape index (κ3) is 2.08. The third-order valence-corrected chi connectivity index (χ3v) is 4.84. The Morgan fingerprint density at radius 2 is 1.88 bits per heavy atom. The van der Waals surface area contributed by atoms with Crippen LogP contribution in [0.25, 0.3) is 11.2 Å². The molecule has 0 spiro atoms. The molecule has 0 atom stereocenters. The maximum atomic E-state index is 12.5. The Hall–Kier alpha value is -2.55. The highest BCUT2D eigenvalue weighted by Crippen LogP contribution is 2.37. The molecule has 0 saturated carbocycles. The number of ether oxygens (including phenoxy) is 2. The molecule has 0 amide bonds. The van der Waals surface area contributed by atoms with Crippen molar-refractivity contribution in [2.75, 3.05) is 6.79 Å². The predicted molar refractivity (Wildman–Crippen MR) is 89.6 cm³/mol. The van der Waals surface area contributed by atoms with Crippen LogP contribution in [-0.2, 0) is 20.6 Å². The Labute approximate surface area is 144 Å². The Bertz CT molecular complexity index is 1100. The molecule has 1 aliphatic rings. The summed E-state index contributed by atoms with van der Waals surface area (Å²) in [6.07, 6.45) is 1.56. The molecule has 24 heavy (non-hydrogen) atoms. The summed E-state index contributed by atoms with van der Waals surface area (Å²) in [5.74, 6) is 1.34. The first-order chi connectivity index (χ1) is 11.5. The number of benzene rings is 1. The summed E-state index contributed by atoms with van der Waals surface area (Å²) in [5.41, 5.74) is 0.878. The molecule has 124 valence electrons. The molecule has 1 aliphatic heterocycles. The standard InChI is InChI=1S/C15H13BrN4O4/c1-18-13-12(14(21)19(2)15(18)22)20(6-17-13)5-8-3-10-11(4-9(8)16)24-7-23-10/h3-4,6H,5,7H2,1-2H3. The third-order valence-electron chi connectivity index (χ3n) is 4.10. The molecule has 0 fully saturated rings. The fraction of sp³-hybridized carbons (Fsp3) is 0.267. The van der Waals surface area contributed by atoms with E-state index in [0.717, 1.165) is 14.6 Å². The summed E-state index contributed by atoms with van der Waals surface area (Å²) < 4.78 is 15.7. The summed E-state index contributed by atoms with van der Waals surface area (Å²) in [4.78, 5) is 28.7. The molecular weight excluding hydrogens is 380 g/mol. The zero-order valence-electron chi connectivity index (χ0n) is 12.9. The predicted octanol–water partition coefficient (Wildman–Crippen LogP) is 0.973. The summed E-state index contributed by atoms with van der Waals surface area (Å²) in [5, 5.41) is 0. The van der Waals surface area contributed by atoms with Crippen LogP contribution in [-0.4, -0.2) is 25.5 Å². The fourth-order valence-corrected chi connectivity index (χ4v) is 3.23. The van der Waals surface area contributed by atoms with Crippen molar-refractivity contribution in [2.45, 2.75) is 6.54 Å². The molecule has 0 aliphatic carbocycles. The molecule has 0 saturated heterocycles. The molecule has 3 heterocycles. The van der Waals surface area contributed by atoms with Crippen LogP contribution in [0, 0.1) is 0 Å². The van der Waals surface area contributed by atoms with Gasteiger partial charge in [0.05, 0.1) is 12.9 Å². The number of nitrogens with zero attached hydrogens (tertiary/aromatic N) is 4. The monoisotopic (exact) mass is 392 g/mol. The molecule has 3 aromatic rings. The van der Waals surface area contributed by atoms with Crippen molar-refractivity contribution >= 4 is 27.1 Å². The number of aryl methyl sites for hydroxylation is 1. The average molecular weight is 393 g/mol. The first kappa shape index (κ1) is 15.0. The first-order valence-corrected chi connectivity index (χ1v) is 7.95. The maximum absolute atomic E-state index is 12.5. The van der Waals surface area contributed by atoms with Gasteiger partial charge >= 0.3 is 5.69 Å². The van der Waals surface area contributed by atoms with Crippen molar-refractivity contribution in [3.05, 3.63) is 49.3 Å². The SMILES string of the molecule is Cn1c(=O)c2c(ncn2Cc2cc3c(cc2Br)OCO3)n(C)c1=O. The van der Waals surface area contributed by atoms with Crippen LogP contribution in [0.5, 0.6) is 11.5 Å². The normalized spacial score (nSPS) is 13.0. The largest absolute Gasteiger partial charge is 0.454 e. The van der Waals surface area contributed by atoms with E-state index in [9.17, 15) is 9.59 Å². The van der Waals surface area contributed by atoms with Gasteiger partial charge < -0.3 is 14.0 Å². The van der Waals surface area contributed by atoms with Crippen LogP contribution in [0.4, 0.5) is 0 Å². The highest BCUT2D eigenvalue weighted by atomic mass is 79.9. The van der Waals surface area contributed by atoms with E-state index >= 15 is 0 Å². The van der Waals surface area contributed by atoms with Gasteiger partial charge in [0.1, 0.15) is 0 Å². The van der Waals surface area contributed by atoms with Crippen LogP contribution >= 0.6 is 15.9 Å². The van der Waals surface area contributed by atoms with Gasteiger partial charge in [-0.3, -0.25) is 13.9 Å². The Morgan fingerprint density at radius 1 is 1.17 bits per heavy atom. The molecule has 2 aromatic heterocycles. The quantitative estimate of drug-likeness (QED) is 0.649. The zero-order chi connectivity index (χ0) is 17.0. The van der Waals surface area contributed by atoms with E-state index in [-0.39, 0.29) is 12.4 Å². The zero-order valence-corrected chi connectivity index (χ0v) is 14.5. The van der Waals surface area contributed by atoms with Crippen LogP contribution in [0.2, 0.25) is 0 Å². The lowest BCUT2D eigenvalue weighted by molar-refractivity contribution is 0.174. The highest BCUT2D eigenvalue weighted by Gasteiger charge is 2.19. The number of rotatable bonds is 2. The van der Waals surface area contributed by atoms with E-state index < -0.39 is 5.69 Å². The number of hydrogen-bond donors (Lipinski definition) is 0. The summed E-state index contributed by atoms with van der Waals surface area (Å²) >= 11 is 3.51. The number of halogens is 1. The van der Waals surface area contributed by atoms with Gasteiger partial charge in [-0.05, 0) is 17.7 Å². The van der Waals surface area contributed by atoms with E-state index in [1.165, 1.54) is 11.6 Å². The lowest BCUT2D eigenvalue weighted by atomic mass is 10.2. The topological polar surface area (TPSA) is 80.3 Å². The Balaban J connectivity index is 1.87. The lowest BCUT2D eigenvalue weighted by Crippen LogP contribution is -2.37. The van der Waals surface area contributed by atoms with Gasteiger partial charge in [-0.2, -0.15) is 0 Å². The molecule has 0 radical (unpaired) electrons. The molecule has 8 nitrogen and oxygen atoms in total. The second-order valence-electron chi connectivity index (χ2n) is 5.55. The minimum Gasteiger partial charge on any atom is -0.454 e. The summed E-state index contributed by atoms with van der Waals surface area (Å²) in [6.45, 7) is 0.600. The van der Waals surface area contributed by atoms with Gasteiger partial charge in [0.25, 0.3) is 5.56 Å². The first-order valence-electron chi connectivity index (χ1n) is 7.16. The maximum Gasteiger partial charge on any atom is 0.332 e. The van der Waals surface area contributed by atoms with Crippen molar-refractivity contribution in [1.29, 1.82) is 0 Å². The minimum absolute atomic E-state index is 0.196. The molecule has 9 heteroatoms. The van der Waals surface area contributed by atoms with Crippen LogP contribution in [0.3, 0.4) is 0 Å². The number of aromatic nitrogens is 4. The molecular formula is C15H13BrN4O4. The van der Waals surface area contributed by atoms with Crippen LogP contribution in [0.15, 0.2) is 32.5 Å². The van der Waals surface area contributed by atoms with Crippen molar-refractivity contribution in [3.8, 4) is 11.5 Å². The second kappa shape index (κ2) is 5.23. The number of fused-ring (bicyclic) bond motifs is 2. The van der Waals surface area contributed by atoms with Crippen molar-refractivity contribution < 1.29 is 9.47 Å². The van der Waals surface area contributed by atoms with E-state index in [1.54, 1.807) is 17.9 Å². The van der Waals surface area contributed by atoms with E-state index in [4.69, 9.17) is 9.47 Å². The van der Waals surface area contributed by atoms with Gasteiger partial charge in [-0.15, -0.1) is 0 Å². The molecule has 0 bridgehead atoms. The summed E-state index contributed by atoms with van der Waals surface area (Å²) in [7, 11) is 3.05. The Kier molecular flexibility index (Phi) is 3.27.